The van der Waals surface area contributed by atoms with Crippen LogP contribution in [0.2, 0.25) is 0 Å². The van der Waals surface area contributed by atoms with Gasteiger partial charge >= 0.3 is 0 Å². The molecule has 1 aromatic heterocycles. The highest BCUT2D eigenvalue weighted by atomic mass is 32.2. The molecule has 0 unspecified atom stereocenters. The van der Waals surface area contributed by atoms with E-state index < -0.39 is 10.2 Å². The predicted octanol–water partition coefficient (Wildman–Crippen LogP) is -0.504. The summed E-state index contributed by atoms with van der Waals surface area (Å²) in [5, 5.41) is 6.39. The first-order valence-electron chi connectivity index (χ1n) is 4.41. The summed E-state index contributed by atoms with van der Waals surface area (Å²) in [4.78, 5) is 0. The van der Waals surface area contributed by atoms with Crippen molar-refractivity contribution in [2.24, 2.45) is 0 Å². The Kier molecular flexibility index (Phi) is 2.53. The maximum Gasteiger partial charge on any atom is 0.277 e. The third-order valence-corrected chi connectivity index (χ3v) is 3.08. The summed E-state index contributed by atoms with van der Waals surface area (Å²) >= 11 is 0. The molecule has 1 saturated carbocycles. The van der Waals surface area contributed by atoms with Gasteiger partial charge < -0.3 is 0 Å². The van der Waals surface area contributed by atoms with Gasteiger partial charge in [0.05, 0.1) is 12.2 Å². The minimum Gasteiger partial charge on any atom is -0.281 e. The molecule has 0 bridgehead atoms. The average molecular weight is 216 g/mol. The van der Waals surface area contributed by atoms with Gasteiger partial charge in [-0.1, -0.05) is 0 Å². The van der Waals surface area contributed by atoms with Gasteiger partial charge in [0, 0.05) is 12.2 Å². The molecule has 14 heavy (non-hydrogen) atoms. The fraction of sp³-hybridized carbons (Fsp3) is 0.571. The summed E-state index contributed by atoms with van der Waals surface area (Å²) in [5.41, 5.74) is 0.742. The Morgan fingerprint density at radius 2 is 2.36 bits per heavy atom. The van der Waals surface area contributed by atoms with Gasteiger partial charge in [-0.05, 0) is 18.9 Å². The number of aromatic amines is 1. The highest BCUT2D eigenvalue weighted by Gasteiger charge is 2.26. The quantitative estimate of drug-likeness (QED) is 0.620. The maximum absolute atomic E-state index is 11.3. The molecular formula is C7H12N4O2S. The number of nitrogens with zero attached hydrogens (tertiary/aromatic N) is 1. The van der Waals surface area contributed by atoms with Gasteiger partial charge in [0.1, 0.15) is 0 Å². The van der Waals surface area contributed by atoms with Gasteiger partial charge in [0.25, 0.3) is 10.2 Å². The molecule has 6 nitrogen and oxygen atoms in total. The molecule has 2 rings (SSSR count). The smallest absolute Gasteiger partial charge is 0.277 e. The van der Waals surface area contributed by atoms with Gasteiger partial charge in [-0.15, -0.1) is 0 Å². The molecule has 1 heterocycles. The Balaban J connectivity index is 1.84. The highest BCUT2D eigenvalue weighted by Crippen LogP contribution is 2.19. The molecular weight excluding hydrogens is 204 g/mol. The lowest BCUT2D eigenvalue weighted by atomic mass is 10.4. The predicted molar refractivity (Wildman–Crippen MR) is 50.5 cm³/mol. The molecule has 0 aliphatic heterocycles. The summed E-state index contributed by atoms with van der Waals surface area (Å²) in [6.07, 6.45) is 3.45. The van der Waals surface area contributed by atoms with Gasteiger partial charge in [0.15, 0.2) is 0 Å². The topological polar surface area (TPSA) is 86.9 Å². The Bertz CT molecular complexity index is 382. The van der Waals surface area contributed by atoms with Crippen LogP contribution in [0.1, 0.15) is 18.5 Å². The number of nitrogens with one attached hydrogen (secondary N) is 3. The summed E-state index contributed by atoms with van der Waals surface area (Å²) in [5.74, 6) is 0. The van der Waals surface area contributed by atoms with Gasteiger partial charge in [-0.3, -0.25) is 5.10 Å². The highest BCUT2D eigenvalue weighted by molar-refractivity contribution is 7.87. The Labute approximate surface area is 82.3 Å². The van der Waals surface area contributed by atoms with E-state index in [2.05, 4.69) is 19.6 Å². The van der Waals surface area contributed by atoms with E-state index in [1.807, 2.05) is 0 Å². The fourth-order valence-electron chi connectivity index (χ4n) is 1.02. The standard InChI is InChI=1S/C7H12N4O2S/c12-14(13,11-6-1-2-6)9-5-7-3-4-8-10-7/h3-4,6,9,11H,1-2,5H2,(H,8,10). The summed E-state index contributed by atoms with van der Waals surface area (Å²) in [6, 6.07) is 1.86. The molecule has 0 amide bonds. The van der Waals surface area contributed by atoms with E-state index in [-0.39, 0.29) is 12.6 Å². The van der Waals surface area contributed by atoms with E-state index in [1.54, 1.807) is 12.3 Å². The first kappa shape index (κ1) is 9.63. The van der Waals surface area contributed by atoms with Crippen molar-refractivity contribution in [2.45, 2.75) is 25.4 Å². The number of hydrogen-bond acceptors (Lipinski definition) is 3. The molecule has 1 fully saturated rings. The summed E-state index contributed by atoms with van der Waals surface area (Å²) in [7, 11) is -3.34. The van der Waals surface area contributed by atoms with Crippen molar-refractivity contribution >= 4 is 10.2 Å². The van der Waals surface area contributed by atoms with E-state index in [0.29, 0.717) is 0 Å². The minimum atomic E-state index is -3.34. The van der Waals surface area contributed by atoms with Crippen LogP contribution in [0, 0.1) is 0 Å². The second-order valence-electron chi connectivity index (χ2n) is 3.30. The number of hydrogen-bond donors (Lipinski definition) is 3. The van der Waals surface area contributed by atoms with Crippen LogP contribution in [0.3, 0.4) is 0 Å². The zero-order valence-electron chi connectivity index (χ0n) is 7.53. The molecule has 1 aliphatic carbocycles. The molecule has 1 aliphatic rings. The molecule has 0 spiro atoms. The van der Waals surface area contributed by atoms with Crippen molar-refractivity contribution in [2.75, 3.05) is 0 Å². The number of H-pyrrole nitrogens is 1. The molecule has 7 heteroatoms. The molecule has 0 saturated heterocycles. The van der Waals surface area contributed by atoms with Crippen LogP contribution in [-0.2, 0) is 16.8 Å². The third kappa shape index (κ3) is 2.79. The lowest BCUT2D eigenvalue weighted by Gasteiger charge is -2.05. The molecule has 0 atom stereocenters. The Morgan fingerprint density at radius 1 is 1.57 bits per heavy atom. The first-order chi connectivity index (χ1) is 6.66. The summed E-state index contributed by atoms with van der Waals surface area (Å²) in [6.45, 7) is 0.238. The molecule has 78 valence electrons. The molecule has 3 N–H and O–H groups in total. The number of aromatic nitrogens is 2. The zero-order valence-corrected chi connectivity index (χ0v) is 8.34. The van der Waals surface area contributed by atoms with E-state index in [1.165, 1.54) is 0 Å². The molecule has 1 aromatic rings. The van der Waals surface area contributed by atoms with Crippen molar-refractivity contribution in [1.82, 2.24) is 19.6 Å². The van der Waals surface area contributed by atoms with Crippen LogP contribution in [-0.4, -0.2) is 24.7 Å². The second-order valence-corrected chi connectivity index (χ2v) is 4.83. The lowest BCUT2D eigenvalue weighted by Crippen LogP contribution is -2.37. The monoisotopic (exact) mass is 216 g/mol. The van der Waals surface area contributed by atoms with Crippen LogP contribution in [0.15, 0.2) is 12.3 Å². The van der Waals surface area contributed by atoms with Gasteiger partial charge in [-0.2, -0.15) is 23.0 Å². The SMILES string of the molecule is O=S(=O)(NCc1ccn[nH]1)NC1CC1. The van der Waals surface area contributed by atoms with Crippen LogP contribution >= 0.6 is 0 Å². The van der Waals surface area contributed by atoms with Crippen LogP contribution < -0.4 is 9.44 Å². The lowest BCUT2D eigenvalue weighted by molar-refractivity contribution is 0.564. The van der Waals surface area contributed by atoms with Crippen molar-refractivity contribution in [1.29, 1.82) is 0 Å². The molecule has 0 radical (unpaired) electrons. The Hall–Kier alpha value is -0.920. The number of rotatable bonds is 5. The van der Waals surface area contributed by atoms with Crippen molar-refractivity contribution < 1.29 is 8.42 Å². The first-order valence-corrected chi connectivity index (χ1v) is 5.89. The van der Waals surface area contributed by atoms with Crippen molar-refractivity contribution in [3.05, 3.63) is 18.0 Å². The molecule has 0 aromatic carbocycles. The van der Waals surface area contributed by atoms with E-state index in [9.17, 15) is 8.42 Å². The average Bonchev–Trinajstić information content (AvgIpc) is 2.78. The minimum absolute atomic E-state index is 0.134. The zero-order chi connectivity index (χ0) is 10.0. The maximum atomic E-state index is 11.3. The summed E-state index contributed by atoms with van der Waals surface area (Å²) < 4.78 is 27.6. The van der Waals surface area contributed by atoms with Crippen LogP contribution in [0.4, 0.5) is 0 Å². The fourth-order valence-corrected chi connectivity index (χ4v) is 2.12. The van der Waals surface area contributed by atoms with Crippen molar-refractivity contribution in [3.63, 3.8) is 0 Å². The van der Waals surface area contributed by atoms with Crippen molar-refractivity contribution in [3.8, 4) is 0 Å². The van der Waals surface area contributed by atoms with Crippen LogP contribution in [0.25, 0.3) is 0 Å². The van der Waals surface area contributed by atoms with E-state index in [0.717, 1.165) is 18.5 Å². The second kappa shape index (κ2) is 3.68. The third-order valence-electron chi connectivity index (χ3n) is 1.91. The largest absolute Gasteiger partial charge is 0.281 e. The normalized spacial score (nSPS) is 17.1. The van der Waals surface area contributed by atoms with E-state index in [4.69, 9.17) is 0 Å². The van der Waals surface area contributed by atoms with E-state index >= 15 is 0 Å². The van der Waals surface area contributed by atoms with Gasteiger partial charge in [0.2, 0.25) is 0 Å². The Morgan fingerprint density at radius 3 is 2.93 bits per heavy atom. The van der Waals surface area contributed by atoms with Gasteiger partial charge in [-0.25, -0.2) is 0 Å². The van der Waals surface area contributed by atoms with Crippen LogP contribution in [0.5, 0.6) is 0 Å².